The number of hydrogen-bond donors (Lipinski definition) is 0. The zero-order chi connectivity index (χ0) is 16.1. The van der Waals surface area contributed by atoms with E-state index in [2.05, 4.69) is 18.7 Å². The van der Waals surface area contributed by atoms with E-state index in [1.807, 2.05) is 23.1 Å². The van der Waals surface area contributed by atoms with E-state index < -0.39 is 0 Å². The first-order valence-corrected chi connectivity index (χ1v) is 8.35. The third-order valence-corrected chi connectivity index (χ3v) is 4.64. The van der Waals surface area contributed by atoms with Gasteiger partial charge in [-0.25, -0.2) is 0 Å². The minimum absolute atomic E-state index is 0.159. The van der Waals surface area contributed by atoms with Crippen LogP contribution in [0.3, 0.4) is 0 Å². The maximum Gasteiger partial charge on any atom is 0.225 e. The molecule has 0 aromatic heterocycles. The molecule has 0 atom stereocenters. The van der Waals surface area contributed by atoms with Crippen LogP contribution in [0.5, 0.6) is 5.75 Å². The zero-order valence-electron chi connectivity index (χ0n) is 13.6. The fourth-order valence-corrected chi connectivity index (χ4v) is 3.14. The predicted molar refractivity (Wildman–Crippen MR) is 90.9 cm³/mol. The normalized spacial score (nSPS) is 15.3. The number of piperazine rings is 1. The van der Waals surface area contributed by atoms with Crippen LogP contribution in [0.15, 0.2) is 18.2 Å². The highest BCUT2D eigenvalue weighted by atomic mass is 35.5. The van der Waals surface area contributed by atoms with E-state index in [1.165, 1.54) is 0 Å². The number of nitrogens with zero attached hydrogens (tertiary/aromatic N) is 2. The van der Waals surface area contributed by atoms with E-state index in [-0.39, 0.29) is 5.92 Å². The number of methoxy groups -OCH3 is 1. The summed E-state index contributed by atoms with van der Waals surface area (Å²) in [6, 6.07) is 5.65. The van der Waals surface area contributed by atoms with E-state index >= 15 is 0 Å². The van der Waals surface area contributed by atoms with Crippen LogP contribution in [-0.4, -0.2) is 44.1 Å². The summed E-state index contributed by atoms with van der Waals surface area (Å²) in [6.07, 6.45) is 1.83. The third-order valence-electron chi connectivity index (χ3n) is 4.41. The molecule has 0 radical (unpaired) electrons. The molecule has 0 N–H and O–H groups in total. The summed E-state index contributed by atoms with van der Waals surface area (Å²) in [6.45, 7) is 7.29. The monoisotopic (exact) mass is 324 g/mol. The van der Waals surface area contributed by atoms with E-state index in [0.717, 1.165) is 50.5 Å². The summed E-state index contributed by atoms with van der Waals surface area (Å²) < 4.78 is 5.42. The molecule has 1 aromatic rings. The van der Waals surface area contributed by atoms with Crippen molar-refractivity contribution in [1.82, 2.24) is 4.90 Å². The van der Waals surface area contributed by atoms with Crippen LogP contribution in [-0.2, 0) is 4.79 Å². The minimum Gasteiger partial charge on any atom is -0.495 e. The highest BCUT2D eigenvalue weighted by Gasteiger charge is 2.26. The number of anilines is 1. The van der Waals surface area contributed by atoms with Crippen LogP contribution < -0.4 is 9.64 Å². The lowest BCUT2D eigenvalue weighted by atomic mass is 10.0. The van der Waals surface area contributed by atoms with Crippen molar-refractivity contribution in [3.05, 3.63) is 23.2 Å². The van der Waals surface area contributed by atoms with Gasteiger partial charge in [-0.1, -0.05) is 25.4 Å². The van der Waals surface area contributed by atoms with Crippen molar-refractivity contribution in [2.45, 2.75) is 26.7 Å². The molecule has 1 aromatic carbocycles. The van der Waals surface area contributed by atoms with Crippen molar-refractivity contribution >= 4 is 23.2 Å². The van der Waals surface area contributed by atoms with Crippen LogP contribution in [0.2, 0.25) is 5.02 Å². The van der Waals surface area contributed by atoms with Gasteiger partial charge in [-0.05, 0) is 31.0 Å². The van der Waals surface area contributed by atoms with Gasteiger partial charge in [0, 0.05) is 37.1 Å². The molecule has 0 bridgehead atoms. The first kappa shape index (κ1) is 16.9. The van der Waals surface area contributed by atoms with E-state index in [1.54, 1.807) is 7.11 Å². The Kier molecular flexibility index (Phi) is 5.95. The van der Waals surface area contributed by atoms with Crippen LogP contribution in [0.25, 0.3) is 0 Å². The molecule has 1 amide bonds. The molecule has 2 rings (SSSR count). The smallest absolute Gasteiger partial charge is 0.225 e. The molecule has 122 valence electrons. The Morgan fingerprint density at radius 2 is 1.86 bits per heavy atom. The number of ether oxygens (including phenoxy) is 1. The van der Waals surface area contributed by atoms with Gasteiger partial charge in [0.15, 0.2) is 0 Å². The molecule has 1 saturated heterocycles. The molecular formula is C17H25ClN2O2. The zero-order valence-corrected chi connectivity index (χ0v) is 14.4. The highest BCUT2D eigenvalue weighted by molar-refractivity contribution is 6.30. The molecule has 0 aliphatic carbocycles. The molecule has 0 saturated carbocycles. The first-order valence-electron chi connectivity index (χ1n) is 7.98. The maximum absolute atomic E-state index is 12.4. The summed E-state index contributed by atoms with van der Waals surface area (Å²) in [5.74, 6) is 1.28. The lowest BCUT2D eigenvalue weighted by molar-refractivity contribution is -0.136. The van der Waals surface area contributed by atoms with Crippen LogP contribution in [0.4, 0.5) is 5.69 Å². The van der Waals surface area contributed by atoms with Crippen molar-refractivity contribution in [1.29, 1.82) is 0 Å². The maximum atomic E-state index is 12.4. The van der Waals surface area contributed by atoms with Gasteiger partial charge in [-0.3, -0.25) is 4.79 Å². The standard InChI is InChI=1S/C17H25ClN2O2/c1-4-13(5-2)17(21)20-10-8-19(9-11-20)15-12-14(18)6-7-16(15)22-3/h6-7,12-13H,4-5,8-11H2,1-3H3. The largest absolute Gasteiger partial charge is 0.495 e. The minimum atomic E-state index is 0.159. The van der Waals surface area contributed by atoms with Gasteiger partial charge >= 0.3 is 0 Å². The van der Waals surface area contributed by atoms with E-state index in [0.29, 0.717) is 10.9 Å². The Balaban J connectivity index is 2.03. The van der Waals surface area contributed by atoms with Gasteiger partial charge in [0.2, 0.25) is 5.91 Å². The fraction of sp³-hybridized carbons (Fsp3) is 0.588. The second kappa shape index (κ2) is 7.73. The molecule has 1 fully saturated rings. The van der Waals surface area contributed by atoms with Crippen LogP contribution in [0, 0.1) is 5.92 Å². The number of amides is 1. The molecule has 4 nitrogen and oxygen atoms in total. The molecule has 1 aliphatic heterocycles. The van der Waals surface area contributed by atoms with Gasteiger partial charge in [-0.2, -0.15) is 0 Å². The molecule has 0 unspecified atom stereocenters. The first-order chi connectivity index (χ1) is 10.6. The topological polar surface area (TPSA) is 32.8 Å². The van der Waals surface area contributed by atoms with Gasteiger partial charge in [0.1, 0.15) is 5.75 Å². The number of benzene rings is 1. The van der Waals surface area contributed by atoms with E-state index in [4.69, 9.17) is 16.3 Å². The Morgan fingerprint density at radius 3 is 2.41 bits per heavy atom. The number of rotatable bonds is 5. The van der Waals surface area contributed by atoms with Crippen molar-refractivity contribution < 1.29 is 9.53 Å². The summed E-state index contributed by atoms with van der Waals surface area (Å²) in [4.78, 5) is 16.7. The average Bonchev–Trinajstić information content (AvgIpc) is 2.56. The molecule has 5 heteroatoms. The summed E-state index contributed by atoms with van der Waals surface area (Å²) in [7, 11) is 1.67. The lowest BCUT2D eigenvalue weighted by Crippen LogP contribution is -2.50. The predicted octanol–water partition coefficient (Wildman–Crippen LogP) is 3.43. The number of carbonyl (C=O) groups is 1. The Morgan fingerprint density at radius 1 is 1.23 bits per heavy atom. The second-order valence-electron chi connectivity index (χ2n) is 5.64. The SMILES string of the molecule is CCC(CC)C(=O)N1CCN(c2cc(Cl)ccc2OC)CC1. The van der Waals surface area contributed by atoms with Crippen molar-refractivity contribution in [3.63, 3.8) is 0 Å². The molecule has 22 heavy (non-hydrogen) atoms. The summed E-state index contributed by atoms with van der Waals surface area (Å²) >= 11 is 6.10. The average molecular weight is 325 g/mol. The van der Waals surface area contributed by atoms with Crippen LogP contribution in [0.1, 0.15) is 26.7 Å². The Bertz CT molecular complexity index is 509. The summed E-state index contributed by atoms with van der Waals surface area (Å²) in [5, 5.41) is 0.700. The van der Waals surface area contributed by atoms with Gasteiger partial charge in [0.25, 0.3) is 0 Å². The highest BCUT2D eigenvalue weighted by Crippen LogP contribution is 2.32. The quantitative estimate of drug-likeness (QED) is 0.832. The molecule has 1 heterocycles. The Labute approximate surface area is 138 Å². The number of carbonyl (C=O) groups excluding carboxylic acids is 1. The molecular weight excluding hydrogens is 300 g/mol. The lowest BCUT2D eigenvalue weighted by Gasteiger charge is -2.38. The van der Waals surface area contributed by atoms with Crippen molar-refractivity contribution in [2.75, 3.05) is 38.2 Å². The van der Waals surface area contributed by atoms with Gasteiger partial charge in [0.05, 0.1) is 12.8 Å². The molecule has 1 aliphatic rings. The van der Waals surface area contributed by atoms with E-state index in [9.17, 15) is 4.79 Å². The summed E-state index contributed by atoms with van der Waals surface area (Å²) in [5.41, 5.74) is 1.00. The van der Waals surface area contributed by atoms with Crippen LogP contribution >= 0.6 is 11.6 Å². The number of halogens is 1. The molecule has 0 spiro atoms. The third kappa shape index (κ3) is 3.67. The Hall–Kier alpha value is -1.42. The van der Waals surface area contributed by atoms with Gasteiger partial charge < -0.3 is 14.5 Å². The number of hydrogen-bond acceptors (Lipinski definition) is 3. The van der Waals surface area contributed by atoms with Crippen molar-refractivity contribution in [2.24, 2.45) is 5.92 Å². The van der Waals surface area contributed by atoms with Gasteiger partial charge in [-0.15, -0.1) is 0 Å². The fourth-order valence-electron chi connectivity index (χ4n) is 2.97. The van der Waals surface area contributed by atoms with Crippen molar-refractivity contribution in [3.8, 4) is 5.75 Å². The second-order valence-corrected chi connectivity index (χ2v) is 6.08.